The SMILES string of the molecule is Cc1nc2ccccc2nc1/C=C/c1nc2ccccc2nc1C1OCC(CC(F)(F)C(F)(F)C(F)(F)C(F)(F)C(F)(F)C(F)(F)C(F)(F)C(F)(F)F)O1. The van der Waals surface area contributed by atoms with Gasteiger partial charge in [0.15, 0.2) is 0 Å². The van der Waals surface area contributed by atoms with Crippen LogP contribution in [0.1, 0.15) is 35.5 Å². The summed E-state index contributed by atoms with van der Waals surface area (Å²) >= 11 is 0. The van der Waals surface area contributed by atoms with Crippen molar-refractivity contribution in [2.45, 2.75) is 73.4 Å². The van der Waals surface area contributed by atoms with E-state index in [1.54, 1.807) is 37.3 Å². The van der Waals surface area contributed by atoms with Crippen LogP contribution in [0, 0.1) is 6.92 Å². The molecule has 2 atom stereocenters. The third-order valence-corrected chi connectivity index (χ3v) is 8.05. The second-order valence-corrected chi connectivity index (χ2v) is 11.8. The van der Waals surface area contributed by atoms with Gasteiger partial charge in [-0.3, -0.25) is 0 Å². The summed E-state index contributed by atoms with van der Waals surface area (Å²) < 4.78 is 244. The van der Waals surface area contributed by atoms with Gasteiger partial charge in [0.05, 0.1) is 51.9 Å². The van der Waals surface area contributed by atoms with Crippen LogP contribution in [0.15, 0.2) is 48.5 Å². The van der Waals surface area contributed by atoms with E-state index in [1.165, 1.54) is 30.4 Å². The lowest BCUT2D eigenvalue weighted by Crippen LogP contribution is -2.74. The summed E-state index contributed by atoms with van der Waals surface area (Å²) in [5.41, 5.74) is 1.52. The van der Waals surface area contributed by atoms with Crippen molar-refractivity contribution in [3.05, 3.63) is 71.3 Å². The molecule has 0 saturated carbocycles. The average Bonchev–Trinajstić information content (AvgIpc) is 3.53. The molecule has 2 aromatic heterocycles. The van der Waals surface area contributed by atoms with E-state index in [0.717, 1.165) is 0 Å². The lowest BCUT2D eigenvalue weighted by atomic mass is 9.88. The minimum atomic E-state index is -8.71. The molecule has 2 unspecified atom stereocenters. The molecule has 6 nitrogen and oxygen atoms in total. The minimum absolute atomic E-state index is 0.106. The maximum atomic E-state index is 14.8. The summed E-state index contributed by atoms with van der Waals surface area (Å²) in [5.74, 6) is -57.1. The number of halogens is 17. The van der Waals surface area contributed by atoms with Gasteiger partial charge in [0, 0.05) is 6.42 Å². The molecule has 1 saturated heterocycles. The normalized spacial score (nSPS) is 18.7. The molecule has 2 aromatic carbocycles. The molecule has 1 aliphatic rings. The smallest absolute Gasteiger partial charge is 0.344 e. The molecule has 4 aromatic rings. The van der Waals surface area contributed by atoms with Crippen molar-refractivity contribution in [2.75, 3.05) is 6.61 Å². The fourth-order valence-electron chi connectivity index (χ4n) is 5.05. The van der Waals surface area contributed by atoms with Crippen LogP contribution >= 0.6 is 0 Å². The van der Waals surface area contributed by atoms with Crippen LogP contribution in [0.3, 0.4) is 0 Å². The van der Waals surface area contributed by atoms with E-state index in [-0.39, 0.29) is 28.1 Å². The molecule has 0 aliphatic carbocycles. The van der Waals surface area contributed by atoms with Crippen molar-refractivity contribution in [3.8, 4) is 0 Å². The molecule has 54 heavy (non-hydrogen) atoms. The van der Waals surface area contributed by atoms with Gasteiger partial charge in [-0.05, 0) is 43.3 Å². The van der Waals surface area contributed by atoms with Crippen LogP contribution in [-0.4, -0.2) is 80.3 Å². The highest BCUT2D eigenvalue weighted by molar-refractivity contribution is 5.80. The number of aryl methyl sites for hydroxylation is 1. The highest BCUT2D eigenvalue weighted by atomic mass is 19.4. The minimum Gasteiger partial charge on any atom is -0.344 e. The number of rotatable bonds is 11. The summed E-state index contributed by atoms with van der Waals surface area (Å²) in [6, 6.07) is 12.6. The first kappa shape index (κ1) is 40.8. The molecule has 0 bridgehead atoms. The van der Waals surface area contributed by atoms with Gasteiger partial charge in [-0.2, -0.15) is 74.6 Å². The molecule has 0 N–H and O–H groups in total. The fourth-order valence-corrected chi connectivity index (χ4v) is 5.05. The molecule has 0 amide bonds. The Hall–Kier alpha value is -4.41. The van der Waals surface area contributed by atoms with Crippen molar-refractivity contribution in [3.63, 3.8) is 0 Å². The maximum absolute atomic E-state index is 14.8. The van der Waals surface area contributed by atoms with Crippen molar-refractivity contribution in [1.29, 1.82) is 0 Å². The zero-order valence-corrected chi connectivity index (χ0v) is 26.4. The molecule has 23 heteroatoms. The van der Waals surface area contributed by atoms with Crippen LogP contribution in [-0.2, 0) is 9.47 Å². The summed E-state index contributed by atoms with van der Waals surface area (Å²) in [5, 5.41) is 0. The number of alkyl halides is 17. The number of fused-ring (bicyclic) bond motifs is 2. The highest BCUT2D eigenvalue weighted by Gasteiger charge is 2.95. The Labute approximate surface area is 290 Å². The Morgan fingerprint density at radius 3 is 1.46 bits per heavy atom. The van der Waals surface area contributed by atoms with Crippen molar-refractivity contribution in [1.82, 2.24) is 19.9 Å². The van der Waals surface area contributed by atoms with Crippen molar-refractivity contribution in [2.24, 2.45) is 0 Å². The Bertz CT molecular complexity index is 2070. The molecule has 3 heterocycles. The van der Waals surface area contributed by atoms with Crippen LogP contribution in [0.5, 0.6) is 0 Å². The van der Waals surface area contributed by atoms with Gasteiger partial charge in [0.2, 0.25) is 6.29 Å². The summed E-state index contributed by atoms with van der Waals surface area (Å²) in [6.45, 7) is 0.358. The van der Waals surface area contributed by atoms with Gasteiger partial charge in [0.25, 0.3) is 0 Å². The topological polar surface area (TPSA) is 70.0 Å². The zero-order valence-electron chi connectivity index (χ0n) is 26.4. The van der Waals surface area contributed by atoms with E-state index >= 15 is 0 Å². The van der Waals surface area contributed by atoms with Gasteiger partial charge in [-0.15, -0.1) is 0 Å². The van der Waals surface area contributed by atoms with E-state index in [0.29, 0.717) is 16.7 Å². The average molecular weight is 802 g/mol. The number of nitrogens with zero attached hydrogens (tertiary/aromatic N) is 4. The lowest BCUT2D eigenvalue weighted by Gasteiger charge is -2.43. The van der Waals surface area contributed by atoms with E-state index in [4.69, 9.17) is 9.47 Å². The Morgan fingerprint density at radius 2 is 0.963 bits per heavy atom. The third kappa shape index (κ3) is 6.35. The molecule has 0 spiro atoms. The predicted molar refractivity (Wildman–Crippen MR) is 152 cm³/mol. The summed E-state index contributed by atoms with van der Waals surface area (Å²) in [4.78, 5) is 17.4. The number of para-hydroxylation sites is 4. The summed E-state index contributed by atoms with van der Waals surface area (Å²) in [6.07, 6.45) is -12.4. The predicted octanol–water partition coefficient (Wildman–Crippen LogP) is 9.87. The van der Waals surface area contributed by atoms with E-state index in [2.05, 4.69) is 19.9 Å². The van der Waals surface area contributed by atoms with Gasteiger partial charge in [0.1, 0.15) is 5.69 Å². The van der Waals surface area contributed by atoms with Crippen LogP contribution in [0.25, 0.3) is 34.2 Å². The monoisotopic (exact) mass is 802 g/mol. The van der Waals surface area contributed by atoms with Gasteiger partial charge in [-0.25, -0.2) is 19.9 Å². The van der Waals surface area contributed by atoms with E-state index < -0.39 is 73.1 Å². The van der Waals surface area contributed by atoms with Crippen molar-refractivity contribution >= 4 is 34.2 Å². The first-order valence-corrected chi connectivity index (χ1v) is 14.8. The fraction of sp³-hybridized carbons (Fsp3) is 0.419. The van der Waals surface area contributed by atoms with Crippen molar-refractivity contribution < 1.29 is 84.1 Å². The Balaban J connectivity index is 1.42. The standard InChI is InChI=1S/C31H19F17N4O2/c1-14-16(50-18-7-3-2-6-17(18)49-14)10-11-21-22(52-20-9-5-4-8-19(20)51-21)23-53-13-15(54-23)12-24(32,33)25(34,35)26(36,37)27(38,39)28(40,41)29(42,43)30(44,45)31(46,47)48/h2-11,15,23H,12-13H2,1H3/b11-10+. The Morgan fingerprint density at radius 1 is 0.556 bits per heavy atom. The summed E-state index contributed by atoms with van der Waals surface area (Å²) in [7, 11) is 0. The molecule has 294 valence electrons. The zero-order chi connectivity index (χ0) is 40.5. The van der Waals surface area contributed by atoms with E-state index in [1.807, 2.05) is 0 Å². The molecular weight excluding hydrogens is 783 g/mol. The first-order valence-electron chi connectivity index (χ1n) is 14.8. The Kier molecular flexibility index (Phi) is 9.90. The maximum Gasteiger partial charge on any atom is 0.460 e. The highest BCUT2D eigenvalue weighted by Crippen LogP contribution is 2.64. The largest absolute Gasteiger partial charge is 0.460 e. The van der Waals surface area contributed by atoms with Gasteiger partial charge in [-0.1, -0.05) is 24.3 Å². The van der Waals surface area contributed by atoms with E-state index in [9.17, 15) is 74.6 Å². The second-order valence-electron chi connectivity index (χ2n) is 11.8. The van der Waals surface area contributed by atoms with Crippen LogP contribution < -0.4 is 0 Å². The molecule has 0 radical (unpaired) electrons. The van der Waals surface area contributed by atoms with Gasteiger partial charge >= 0.3 is 47.6 Å². The van der Waals surface area contributed by atoms with Gasteiger partial charge < -0.3 is 9.47 Å². The molecule has 5 rings (SSSR count). The third-order valence-electron chi connectivity index (χ3n) is 8.05. The number of aromatic nitrogens is 4. The van der Waals surface area contributed by atoms with Crippen LogP contribution in [0.4, 0.5) is 74.6 Å². The number of benzene rings is 2. The number of hydrogen-bond acceptors (Lipinski definition) is 6. The van der Waals surface area contributed by atoms with Crippen LogP contribution in [0.2, 0.25) is 0 Å². The first-order chi connectivity index (χ1) is 24.6. The molecule has 1 aliphatic heterocycles. The molecular formula is C31H19F17N4O2. The molecule has 1 fully saturated rings. The number of hydrogen-bond donors (Lipinski definition) is 0. The quantitative estimate of drug-likeness (QED) is 0.141. The number of ether oxygens (including phenoxy) is 2. The lowest BCUT2D eigenvalue weighted by molar-refractivity contribution is -0.462. The second kappa shape index (κ2) is 13.1.